The summed E-state index contributed by atoms with van der Waals surface area (Å²) in [5, 5.41) is 13.2. The Hall–Kier alpha value is -2.69. The Labute approximate surface area is 172 Å². The van der Waals surface area contributed by atoms with Crippen LogP contribution in [0.4, 0.5) is 5.13 Å². The molecule has 1 amide bonds. The predicted molar refractivity (Wildman–Crippen MR) is 110 cm³/mol. The minimum atomic E-state index is -0.405. The van der Waals surface area contributed by atoms with E-state index in [2.05, 4.69) is 21.6 Å². The Bertz CT molecular complexity index is 1130. The average Bonchev–Trinajstić information content (AvgIpc) is 3.44. The Balaban J connectivity index is 1.36. The quantitative estimate of drug-likeness (QED) is 0.353. The molecule has 28 heavy (non-hydrogen) atoms. The summed E-state index contributed by atoms with van der Waals surface area (Å²) in [5.74, 6) is 1.09. The van der Waals surface area contributed by atoms with Crippen molar-refractivity contribution in [3.05, 3.63) is 80.8 Å². The molecule has 10 heteroatoms. The van der Waals surface area contributed by atoms with Gasteiger partial charge in [-0.1, -0.05) is 35.2 Å². The van der Waals surface area contributed by atoms with E-state index in [9.17, 15) is 9.59 Å². The number of furan rings is 1. The number of nitrogens with one attached hydrogen (secondary N) is 1. The van der Waals surface area contributed by atoms with Crippen LogP contribution < -0.4 is 10.9 Å². The number of nitrogens with zero attached hydrogens (tertiary/aromatic N) is 3. The summed E-state index contributed by atoms with van der Waals surface area (Å²) < 4.78 is 7.85. The zero-order valence-electron chi connectivity index (χ0n) is 14.4. The fourth-order valence-corrected chi connectivity index (χ4v) is 4.87. The second-order valence-corrected chi connectivity index (χ2v) is 8.86. The highest BCUT2D eigenvalue weighted by molar-refractivity contribution is 8.00. The van der Waals surface area contributed by atoms with Gasteiger partial charge in [-0.3, -0.25) is 14.9 Å². The summed E-state index contributed by atoms with van der Waals surface area (Å²) in [6.07, 6.45) is 1.67. The standard InChI is InChI=1S/C18H14N4O3S3/c23-15-5-1-2-8-22(15)10-12-6-7-14(25-12)16(24)19-17-20-21-18(28-17)27-11-13-4-3-9-26-13/h1-9H,10-11H2,(H,19,20,24). The van der Waals surface area contributed by atoms with Gasteiger partial charge in [-0.2, -0.15) is 0 Å². The number of thiophene rings is 1. The van der Waals surface area contributed by atoms with E-state index < -0.39 is 5.91 Å². The van der Waals surface area contributed by atoms with Crippen LogP contribution in [0.1, 0.15) is 21.2 Å². The molecule has 4 heterocycles. The van der Waals surface area contributed by atoms with Crippen molar-refractivity contribution in [2.45, 2.75) is 16.6 Å². The molecule has 0 bridgehead atoms. The van der Waals surface area contributed by atoms with Gasteiger partial charge in [-0.05, 0) is 29.6 Å². The Morgan fingerprint density at radius 3 is 2.93 bits per heavy atom. The molecule has 0 saturated carbocycles. The maximum atomic E-state index is 12.4. The van der Waals surface area contributed by atoms with E-state index in [1.165, 1.54) is 26.8 Å². The van der Waals surface area contributed by atoms with Gasteiger partial charge in [0.1, 0.15) is 5.76 Å². The SMILES string of the molecule is O=C(Nc1nnc(SCc2cccs2)s1)c1ccc(Cn2ccccc2=O)o1. The van der Waals surface area contributed by atoms with Crippen LogP contribution in [0.15, 0.2) is 67.6 Å². The minimum absolute atomic E-state index is 0.133. The van der Waals surface area contributed by atoms with E-state index in [-0.39, 0.29) is 17.9 Å². The zero-order chi connectivity index (χ0) is 19.3. The summed E-state index contributed by atoms with van der Waals surface area (Å²) >= 11 is 4.58. The number of pyridine rings is 1. The van der Waals surface area contributed by atoms with Crippen LogP contribution in [0.5, 0.6) is 0 Å². The van der Waals surface area contributed by atoms with Crippen LogP contribution in [0.2, 0.25) is 0 Å². The molecule has 0 fully saturated rings. The fraction of sp³-hybridized carbons (Fsp3) is 0.111. The molecule has 142 valence electrons. The third kappa shape index (κ3) is 4.58. The summed E-state index contributed by atoms with van der Waals surface area (Å²) in [7, 11) is 0. The number of hydrogen-bond donors (Lipinski definition) is 1. The molecule has 4 aromatic rings. The summed E-state index contributed by atoms with van der Waals surface area (Å²) in [6, 6.07) is 12.2. The topological polar surface area (TPSA) is 90.0 Å². The van der Waals surface area contributed by atoms with Gasteiger partial charge in [0.25, 0.3) is 11.5 Å². The molecule has 0 saturated heterocycles. The van der Waals surface area contributed by atoms with E-state index in [4.69, 9.17) is 4.42 Å². The summed E-state index contributed by atoms with van der Waals surface area (Å²) in [6.45, 7) is 0.259. The van der Waals surface area contributed by atoms with E-state index in [1.807, 2.05) is 11.4 Å². The van der Waals surface area contributed by atoms with Crippen LogP contribution >= 0.6 is 34.4 Å². The number of rotatable bonds is 7. The number of aromatic nitrogens is 3. The number of carbonyl (C=O) groups excluding carboxylic acids is 1. The van der Waals surface area contributed by atoms with Crippen LogP contribution in [-0.2, 0) is 12.3 Å². The monoisotopic (exact) mass is 430 g/mol. The first-order valence-electron chi connectivity index (χ1n) is 8.21. The molecule has 0 aliphatic heterocycles. The van der Waals surface area contributed by atoms with Gasteiger partial charge in [0.2, 0.25) is 5.13 Å². The minimum Gasteiger partial charge on any atom is -0.454 e. The maximum Gasteiger partial charge on any atom is 0.293 e. The van der Waals surface area contributed by atoms with Crippen molar-refractivity contribution in [3.8, 4) is 0 Å². The first-order chi connectivity index (χ1) is 13.7. The van der Waals surface area contributed by atoms with Gasteiger partial charge in [-0.25, -0.2) is 0 Å². The molecule has 0 aromatic carbocycles. The Morgan fingerprint density at radius 2 is 2.11 bits per heavy atom. The molecule has 1 N–H and O–H groups in total. The second kappa shape index (κ2) is 8.55. The third-order valence-electron chi connectivity index (χ3n) is 3.66. The largest absolute Gasteiger partial charge is 0.454 e. The number of thioether (sulfide) groups is 1. The smallest absolute Gasteiger partial charge is 0.293 e. The van der Waals surface area contributed by atoms with Gasteiger partial charge in [-0.15, -0.1) is 21.5 Å². The summed E-state index contributed by atoms with van der Waals surface area (Å²) in [5.41, 5.74) is -0.133. The zero-order valence-corrected chi connectivity index (χ0v) is 16.9. The predicted octanol–water partition coefficient (Wildman–Crippen LogP) is 3.95. The molecular formula is C18H14N4O3S3. The van der Waals surface area contributed by atoms with E-state index in [0.717, 1.165) is 10.1 Å². The molecule has 7 nitrogen and oxygen atoms in total. The van der Waals surface area contributed by atoms with Crippen LogP contribution in [-0.4, -0.2) is 20.7 Å². The van der Waals surface area contributed by atoms with E-state index in [1.54, 1.807) is 53.6 Å². The molecule has 0 aliphatic carbocycles. The van der Waals surface area contributed by atoms with Crippen molar-refractivity contribution < 1.29 is 9.21 Å². The van der Waals surface area contributed by atoms with E-state index >= 15 is 0 Å². The van der Waals surface area contributed by atoms with Gasteiger partial charge in [0, 0.05) is 22.9 Å². The molecule has 4 aromatic heterocycles. The lowest BCUT2D eigenvalue weighted by atomic mass is 10.4. The maximum absolute atomic E-state index is 12.4. The molecular weight excluding hydrogens is 416 g/mol. The number of carbonyl (C=O) groups is 1. The van der Waals surface area contributed by atoms with Gasteiger partial charge >= 0.3 is 0 Å². The number of amides is 1. The first-order valence-corrected chi connectivity index (χ1v) is 10.9. The first kappa shape index (κ1) is 18.7. The average molecular weight is 431 g/mol. The lowest BCUT2D eigenvalue weighted by Gasteiger charge is -2.01. The number of anilines is 1. The highest BCUT2D eigenvalue weighted by atomic mass is 32.2. The molecule has 0 unspecified atom stereocenters. The van der Waals surface area contributed by atoms with Crippen molar-refractivity contribution in [1.82, 2.24) is 14.8 Å². The lowest BCUT2D eigenvalue weighted by Crippen LogP contribution is -2.18. The van der Waals surface area contributed by atoms with E-state index in [0.29, 0.717) is 10.9 Å². The van der Waals surface area contributed by atoms with Gasteiger partial charge in [0.05, 0.1) is 6.54 Å². The van der Waals surface area contributed by atoms with Crippen molar-refractivity contribution in [2.24, 2.45) is 0 Å². The van der Waals surface area contributed by atoms with Crippen molar-refractivity contribution in [2.75, 3.05) is 5.32 Å². The van der Waals surface area contributed by atoms with Gasteiger partial charge in [0.15, 0.2) is 10.1 Å². The number of hydrogen-bond acceptors (Lipinski definition) is 8. The van der Waals surface area contributed by atoms with Crippen molar-refractivity contribution >= 4 is 45.5 Å². The normalized spacial score (nSPS) is 10.9. The van der Waals surface area contributed by atoms with Crippen molar-refractivity contribution in [1.29, 1.82) is 0 Å². The molecule has 0 atom stereocenters. The van der Waals surface area contributed by atoms with Crippen LogP contribution in [0, 0.1) is 0 Å². The van der Waals surface area contributed by atoms with Crippen LogP contribution in [0.25, 0.3) is 0 Å². The highest BCUT2D eigenvalue weighted by Crippen LogP contribution is 2.29. The molecule has 4 rings (SSSR count). The molecule has 0 radical (unpaired) electrons. The Morgan fingerprint density at radius 1 is 1.18 bits per heavy atom. The summed E-state index contributed by atoms with van der Waals surface area (Å²) in [4.78, 5) is 25.4. The molecule has 0 aliphatic rings. The van der Waals surface area contributed by atoms with Gasteiger partial charge < -0.3 is 8.98 Å². The fourth-order valence-electron chi connectivity index (χ4n) is 2.35. The second-order valence-electron chi connectivity index (χ2n) is 5.63. The Kier molecular flexibility index (Phi) is 5.70. The highest BCUT2D eigenvalue weighted by Gasteiger charge is 2.15. The van der Waals surface area contributed by atoms with Crippen LogP contribution in [0.3, 0.4) is 0 Å². The third-order valence-corrected chi connectivity index (χ3v) is 6.74. The lowest BCUT2D eigenvalue weighted by molar-refractivity contribution is 0.0994. The van der Waals surface area contributed by atoms with Crippen molar-refractivity contribution in [3.63, 3.8) is 0 Å². The molecule has 0 spiro atoms.